The third-order valence-corrected chi connectivity index (χ3v) is 3.18. The molecule has 1 atom stereocenters. The predicted molar refractivity (Wildman–Crippen MR) is 70.6 cm³/mol. The lowest BCUT2D eigenvalue weighted by molar-refractivity contribution is 0.0761. The van der Waals surface area contributed by atoms with E-state index < -0.39 is 5.69 Å². The number of carbonyl (C=O) groups excluding carboxylic acids is 1. The SMILES string of the molecule is O=C(c1n[nH]c(=O)[nH]1)N1CC[C@H](Oc2ccccc2)C1. The first-order valence-corrected chi connectivity index (χ1v) is 6.38. The van der Waals surface area contributed by atoms with Gasteiger partial charge in [0.05, 0.1) is 6.54 Å². The zero-order valence-corrected chi connectivity index (χ0v) is 10.7. The normalized spacial score (nSPS) is 18.2. The van der Waals surface area contributed by atoms with Crippen molar-refractivity contribution in [3.8, 4) is 5.75 Å². The third-order valence-electron chi connectivity index (χ3n) is 3.18. The van der Waals surface area contributed by atoms with Crippen molar-refractivity contribution in [2.24, 2.45) is 0 Å². The molecule has 7 nitrogen and oxygen atoms in total. The number of carbonyl (C=O) groups is 1. The molecule has 1 aromatic carbocycles. The Kier molecular flexibility index (Phi) is 3.24. The van der Waals surface area contributed by atoms with E-state index >= 15 is 0 Å². The summed E-state index contributed by atoms with van der Waals surface area (Å²) < 4.78 is 5.80. The minimum Gasteiger partial charge on any atom is -0.489 e. The van der Waals surface area contributed by atoms with Gasteiger partial charge in [-0.05, 0) is 12.1 Å². The molecule has 20 heavy (non-hydrogen) atoms. The molecule has 1 aliphatic heterocycles. The molecule has 2 aromatic rings. The fourth-order valence-corrected chi connectivity index (χ4v) is 2.22. The van der Waals surface area contributed by atoms with Crippen LogP contribution >= 0.6 is 0 Å². The predicted octanol–water partition coefficient (Wildman–Crippen LogP) is 0.391. The van der Waals surface area contributed by atoms with Gasteiger partial charge < -0.3 is 9.64 Å². The van der Waals surface area contributed by atoms with E-state index in [0.717, 1.165) is 12.2 Å². The second kappa shape index (κ2) is 5.20. The highest BCUT2D eigenvalue weighted by Gasteiger charge is 2.29. The van der Waals surface area contributed by atoms with E-state index in [9.17, 15) is 9.59 Å². The Hall–Kier alpha value is -2.57. The number of amides is 1. The molecule has 0 aliphatic carbocycles. The number of aromatic amines is 2. The molecule has 0 bridgehead atoms. The van der Waals surface area contributed by atoms with Gasteiger partial charge in [0.2, 0.25) is 5.82 Å². The van der Waals surface area contributed by atoms with Gasteiger partial charge >= 0.3 is 5.69 Å². The van der Waals surface area contributed by atoms with E-state index in [-0.39, 0.29) is 17.8 Å². The van der Waals surface area contributed by atoms with Crippen molar-refractivity contribution in [1.29, 1.82) is 0 Å². The van der Waals surface area contributed by atoms with Crippen molar-refractivity contribution in [2.75, 3.05) is 13.1 Å². The highest BCUT2D eigenvalue weighted by atomic mass is 16.5. The van der Waals surface area contributed by atoms with E-state index in [4.69, 9.17) is 4.74 Å². The van der Waals surface area contributed by atoms with Crippen LogP contribution in [0.15, 0.2) is 35.1 Å². The maximum Gasteiger partial charge on any atom is 0.341 e. The van der Waals surface area contributed by atoms with Crippen molar-refractivity contribution in [3.63, 3.8) is 0 Å². The molecule has 0 spiro atoms. The average molecular weight is 274 g/mol. The van der Waals surface area contributed by atoms with E-state index in [0.29, 0.717) is 13.1 Å². The summed E-state index contributed by atoms with van der Waals surface area (Å²) in [5.74, 6) is 0.540. The lowest BCUT2D eigenvalue weighted by Crippen LogP contribution is -2.31. The van der Waals surface area contributed by atoms with E-state index in [1.165, 1.54) is 0 Å². The molecule has 0 radical (unpaired) electrons. The highest BCUT2D eigenvalue weighted by molar-refractivity contribution is 5.90. The first-order chi connectivity index (χ1) is 9.72. The average Bonchev–Trinajstić information content (AvgIpc) is 3.08. The first-order valence-electron chi connectivity index (χ1n) is 6.38. The van der Waals surface area contributed by atoms with Gasteiger partial charge in [-0.25, -0.2) is 9.89 Å². The minimum absolute atomic E-state index is 0.0352. The van der Waals surface area contributed by atoms with Gasteiger partial charge in [0.25, 0.3) is 5.91 Å². The van der Waals surface area contributed by atoms with Crippen molar-refractivity contribution in [2.45, 2.75) is 12.5 Å². The van der Waals surface area contributed by atoms with E-state index in [1.807, 2.05) is 30.3 Å². The van der Waals surface area contributed by atoms with Crippen LogP contribution in [0, 0.1) is 0 Å². The van der Waals surface area contributed by atoms with Crippen LogP contribution in [0.4, 0.5) is 0 Å². The van der Waals surface area contributed by atoms with Crippen LogP contribution in [0.3, 0.4) is 0 Å². The summed E-state index contributed by atoms with van der Waals surface area (Å²) in [5.41, 5.74) is -0.482. The number of benzene rings is 1. The summed E-state index contributed by atoms with van der Waals surface area (Å²) in [6, 6.07) is 9.50. The van der Waals surface area contributed by atoms with Crippen molar-refractivity contribution in [3.05, 3.63) is 46.6 Å². The Labute approximate surface area is 114 Å². The molecular formula is C13H14N4O3. The maximum absolute atomic E-state index is 12.1. The zero-order chi connectivity index (χ0) is 13.9. The van der Waals surface area contributed by atoms with Crippen LogP contribution in [0.2, 0.25) is 0 Å². The molecule has 0 unspecified atom stereocenters. The standard InChI is InChI=1S/C13H14N4O3/c18-12(11-14-13(19)16-15-11)17-7-6-10(8-17)20-9-4-2-1-3-5-9/h1-5,10H,6-8H2,(H2,14,15,16,19)/t10-/m0/s1. The van der Waals surface area contributed by atoms with Crippen LogP contribution in [0.5, 0.6) is 5.75 Å². The maximum atomic E-state index is 12.1. The van der Waals surface area contributed by atoms with Crippen LogP contribution in [-0.4, -0.2) is 45.2 Å². The number of para-hydroxylation sites is 1. The molecule has 1 aliphatic rings. The van der Waals surface area contributed by atoms with Crippen molar-refractivity contribution in [1.82, 2.24) is 20.1 Å². The van der Waals surface area contributed by atoms with Crippen LogP contribution in [-0.2, 0) is 0 Å². The monoisotopic (exact) mass is 274 g/mol. The lowest BCUT2D eigenvalue weighted by atomic mass is 10.3. The summed E-state index contributed by atoms with van der Waals surface area (Å²) in [4.78, 5) is 27.0. The number of hydrogen-bond acceptors (Lipinski definition) is 4. The molecule has 3 rings (SSSR count). The van der Waals surface area contributed by atoms with Gasteiger partial charge in [0, 0.05) is 13.0 Å². The Morgan fingerprint density at radius 2 is 2.15 bits per heavy atom. The highest BCUT2D eigenvalue weighted by Crippen LogP contribution is 2.18. The van der Waals surface area contributed by atoms with Gasteiger partial charge in [-0.1, -0.05) is 18.2 Å². The number of H-pyrrole nitrogens is 2. The summed E-state index contributed by atoms with van der Waals surface area (Å²) in [7, 11) is 0. The molecule has 1 amide bonds. The first kappa shape index (κ1) is 12.5. The molecule has 1 saturated heterocycles. The zero-order valence-electron chi connectivity index (χ0n) is 10.7. The van der Waals surface area contributed by atoms with Gasteiger partial charge in [-0.2, -0.15) is 0 Å². The Morgan fingerprint density at radius 1 is 1.35 bits per heavy atom. The van der Waals surface area contributed by atoms with Crippen LogP contribution in [0.25, 0.3) is 0 Å². The largest absolute Gasteiger partial charge is 0.489 e. The summed E-state index contributed by atoms with van der Waals surface area (Å²) in [5, 5.41) is 5.83. The molecule has 1 fully saturated rings. The van der Waals surface area contributed by atoms with Gasteiger partial charge in [-0.3, -0.25) is 9.78 Å². The van der Waals surface area contributed by atoms with E-state index in [2.05, 4.69) is 15.2 Å². The Balaban J connectivity index is 1.62. The lowest BCUT2D eigenvalue weighted by Gasteiger charge is -2.15. The fraction of sp³-hybridized carbons (Fsp3) is 0.308. The number of hydrogen-bond donors (Lipinski definition) is 2. The minimum atomic E-state index is -0.482. The second-order valence-electron chi connectivity index (χ2n) is 4.62. The number of nitrogens with zero attached hydrogens (tertiary/aromatic N) is 2. The third kappa shape index (κ3) is 2.56. The summed E-state index contributed by atoms with van der Waals surface area (Å²) in [6.07, 6.45) is 0.724. The number of rotatable bonds is 3. The quantitative estimate of drug-likeness (QED) is 0.847. The number of nitrogens with one attached hydrogen (secondary N) is 2. The number of likely N-dealkylation sites (tertiary alicyclic amines) is 1. The van der Waals surface area contributed by atoms with Crippen molar-refractivity contribution < 1.29 is 9.53 Å². The molecule has 1 aromatic heterocycles. The molecule has 2 N–H and O–H groups in total. The number of ether oxygens (including phenoxy) is 1. The summed E-state index contributed by atoms with van der Waals surface area (Å²) in [6.45, 7) is 1.08. The van der Waals surface area contributed by atoms with Crippen LogP contribution < -0.4 is 10.4 Å². The van der Waals surface area contributed by atoms with Gasteiger partial charge in [-0.15, -0.1) is 5.10 Å². The fourth-order valence-electron chi connectivity index (χ4n) is 2.22. The molecule has 0 saturated carbocycles. The molecule has 7 heteroatoms. The topological polar surface area (TPSA) is 91.1 Å². The Morgan fingerprint density at radius 3 is 2.85 bits per heavy atom. The molecular weight excluding hydrogens is 260 g/mol. The number of aromatic nitrogens is 3. The van der Waals surface area contributed by atoms with Crippen LogP contribution in [0.1, 0.15) is 17.0 Å². The van der Waals surface area contributed by atoms with Crippen molar-refractivity contribution >= 4 is 5.91 Å². The smallest absolute Gasteiger partial charge is 0.341 e. The van der Waals surface area contributed by atoms with Gasteiger partial charge in [0.1, 0.15) is 11.9 Å². The second-order valence-corrected chi connectivity index (χ2v) is 4.62. The van der Waals surface area contributed by atoms with Gasteiger partial charge in [0.15, 0.2) is 0 Å². The van der Waals surface area contributed by atoms with E-state index in [1.54, 1.807) is 4.90 Å². The molecule has 2 heterocycles. The molecule has 104 valence electrons. The Bertz CT molecular complexity index is 649. The summed E-state index contributed by atoms with van der Waals surface area (Å²) >= 11 is 0.